The normalized spacial score (nSPS) is 25.4. The molecule has 3 N–H and O–H groups in total. The SMILES string of the molecule is CCCC(NC(=O)C1(CC)CCCNC1)C(=O)O. The predicted molar refractivity (Wildman–Crippen MR) is 69.3 cm³/mol. The number of rotatable bonds is 6. The molecule has 0 radical (unpaired) electrons. The Bertz CT molecular complexity index is 299. The first-order valence-electron chi connectivity index (χ1n) is 6.80. The Morgan fingerprint density at radius 3 is 2.61 bits per heavy atom. The van der Waals surface area contributed by atoms with Crippen molar-refractivity contribution in [2.24, 2.45) is 5.41 Å². The number of carbonyl (C=O) groups excluding carboxylic acids is 1. The fourth-order valence-electron chi connectivity index (χ4n) is 2.48. The van der Waals surface area contributed by atoms with E-state index in [1.807, 2.05) is 13.8 Å². The predicted octanol–water partition coefficient (Wildman–Crippen LogP) is 1.14. The summed E-state index contributed by atoms with van der Waals surface area (Å²) in [5, 5.41) is 15.0. The molecule has 1 rings (SSSR count). The standard InChI is InChI=1S/C13H24N2O3/c1-3-6-10(11(16)17)15-12(18)13(4-2)7-5-8-14-9-13/h10,14H,3-9H2,1-2H3,(H,15,18)(H,16,17). The maximum atomic E-state index is 12.3. The molecule has 1 aliphatic rings. The van der Waals surface area contributed by atoms with Crippen LogP contribution in [0.4, 0.5) is 0 Å². The van der Waals surface area contributed by atoms with Crippen LogP contribution in [0.5, 0.6) is 0 Å². The highest BCUT2D eigenvalue weighted by Crippen LogP contribution is 2.30. The molecule has 1 heterocycles. The topological polar surface area (TPSA) is 78.4 Å². The Hall–Kier alpha value is -1.10. The van der Waals surface area contributed by atoms with Crippen LogP contribution < -0.4 is 10.6 Å². The van der Waals surface area contributed by atoms with Crippen molar-refractivity contribution in [2.45, 2.75) is 52.0 Å². The molecule has 18 heavy (non-hydrogen) atoms. The van der Waals surface area contributed by atoms with Crippen molar-refractivity contribution in [3.8, 4) is 0 Å². The molecule has 0 aromatic heterocycles. The van der Waals surface area contributed by atoms with E-state index in [0.29, 0.717) is 13.0 Å². The zero-order valence-electron chi connectivity index (χ0n) is 11.3. The summed E-state index contributed by atoms with van der Waals surface area (Å²) in [6.07, 6.45) is 3.76. The van der Waals surface area contributed by atoms with Crippen LogP contribution in [-0.4, -0.2) is 36.1 Å². The van der Waals surface area contributed by atoms with Crippen molar-refractivity contribution in [2.75, 3.05) is 13.1 Å². The number of carboxylic acid groups (broad SMARTS) is 1. The quantitative estimate of drug-likeness (QED) is 0.666. The summed E-state index contributed by atoms with van der Waals surface area (Å²) in [5.74, 6) is -1.06. The van der Waals surface area contributed by atoms with Crippen LogP contribution in [-0.2, 0) is 9.59 Å². The first kappa shape index (κ1) is 15.0. The lowest BCUT2D eigenvalue weighted by Gasteiger charge is -2.36. The van der Waals surface area contributed by atoms with Gasteiger partial charge in [-0.1, -0.05) is 20.3 Å². The second-order valence-electron chi connectivity index (χ2n) is 5.07. The summed E-state index contributed by atoms with van der Waals surface area (Å²) in [7, 11) is 0. The number of piperidine rings is 1. The van der Waals surface area contributed by atoms with Crippen molar-refractivity contribution in [1.29, 1.82) is 0 Å². The largest absolute Gasteiger partial charge is 0.480 e. The molecular formula is C13H24N2O3. The minimum Gasteiger partial charge on any atom is -0.480 e. The molecule has 2 unspecified atom stereocenters. The number of hydrogen-bond donors (Lipinski definition) is 3. The molecule has 5 heteroatoms. The van der Waals surface area contributed by atoms with Crippen molar-refractivity contribution < 1.29 is 14.7 Å². The van der Waals surface area contributed by atoms with Crippen LogP contribution >= 0.6 is 0 Å². The van der Waals surface area contributed by atoms with E-state index in [1.54, 1.807) is 0 Å². The zero-order chi connectivity index (χ0) is 13.6. The summed E-state index contributed by atoms with van der Waals surface area (Å²) in [6, 6.07) is -0.757. The molecule has 1 fully saturated rings. The summed E-state index contributed by atoms with van der Waals surface area (Å²) >= 11 is 0. The van der Waals surface area contributed by atoms with Gasteiger partial charge in [-0.3, -0.25) is 4.79 Å². The van der Waals surface area contributed by atoms with E-state index in [9.17, 15) is 9.59 Å². The molecule has 0 aromatic rings. The number of aliphatic carboxylic acids is 1. The van der Waals surface area contributed by atoms with Crippen molar-refractivity contribution in [3.63, 3.8) is 0 Å². The van der Waals surface area contributed by atoms with Gasteiger partial charge in [0.25, 0.3) is 0 Å². The molecular weight excluding hydrogens is 232 g/mol. The zero-order valence-corrected chi connectivity index (χ0v) is 11.3. The average molecular weight is 256 g/mol. The maximum Gasteiger partial charge on any atom is 0.326 e. The highest BCUT2D eigenvalue weighted by Gasteiger charge is 2.39. The Labute approximate surface area is 108 Å². The van der Waals surface area contributed by atoms with E-state index in [0.717, 1.165) is 32.2 Å². The van der Waals surface area contributed by atoms with E-state index in [-0.39, 0.29) is 5.91 Å². The number of amides is 1. The lowest BCUT2D eigenvalue weighted by molar-refractivity contribution is -0.144. The Morgan fingerprint density at radius 2 is 2.17 bits per heavy atom. The van der Waals surface area contributed by atoms with Gasteiger partial charge in [-0.15, -0.1) is 0 Å². The molecule has 1 aliphatic heterocycles. The summed E-state index contributed by atoms with van der Waals surface area (Å²) < 4.78 is 0. The maximum absolute atomic E-state index is 12.3. The monoisotopic (exact) mass is 256 g/mol. The summed E-state index contributed by atoms with van der Waals surface area (Å²) in [5.41, 5.74) is -0.431. The first-order valence-corrected chi connectivity index (χ1v) is 6.80. The van der Waals surface area contributed by atoms with Crippen molar-refractivity contribution >= 4 is 11.9 Å². The van der Waals surface area contributed by atoms with Gasteiger partial charge >= 0.3 is 5.97 Å². The molecule has 0 aliphatic carbocycles. The van der Waals surface area contributed by atoms with Gasteiger partial charge in [-0.2, -0.15) is 0 Å². The van der Waals surface area contributed by atoms with Crippen LogP contribution in [0.15, 0.2) is 0 Å². The Morgan fingerprint density at radius 1 is 1.44 bits per heavy atom. The molecule has 104 valence electrons. The van der Waals surface area contributed by atoms with Crippen LogP contribution in [0.2, 0.25) is 0 Å². The van der Waals surface area contributed by atoms with Gasteiger partial charge in [0, 0.05) is 6.54 Å². The van der Waals surface area contributed by atoms with Gasteiger partial charge in [0.15, 0.2) is 0 Å². The highest BCUT2D eigenvalue weighted by molar-refractivity contribution is 5.87. The Kier molecular flexibility index (Phi) is 5.59. The molecule has 2 atom stereocenters. The molecule has 0 aromatic carbocycles. The van der Waals surface area contributed by atoms with Gasteiger partial charge in [0.1, 0.15) is 6.04 Å². The fraction of sp³-hybridized carbons (Fsp3) is 0.846. The van der Waals surface area contributed by atoms with Crippen LogP contribution in [0, 0.1) is 5.41 Å². The average Bonchev–Trinajstić information content (AvgIpc) is 2.38. The van der Waals surface area contributed by atoms with E-state index >= 15 is 0 Å². The third-order valence-electron chi connectivity index (χ3n) is 3.81. The molecule has 0 bridgehead atoms. The van der Waals surface area contributed by atoms with E-state index in [1.165, 1.54) is 0 Å². The van der Waals surface area contributed by atoms with E-state index < -0.39 is 17.4 Å². The molecule has 5 nitrogen and oxygen atoms in total. The third-order valence-corrected chi connectivity index (χ3v) is 3.81. The third kappa shape index (κ3) is 3.45. The van der Waals surface area contributed by atoms with Crippen LogP contribution in [0.3, 0.4) is 0 Å². The number of nitrogens with one attached hydrogen (secondary N) is 2. The molecule has 1 saturated heterocycles. The molecule has 1 amide bonds. The minimum absolute atomic E-state index is 0.113. The van der Waals surface area contributed by atoms with Crippen LogP contribution in [0.1, 0.15) is 46.0 Å². The lowest BCUT2D eigenvalue weighted by Crippen LogP contribution is -2.54. The minimum atomic E-state index is -0.944. The van der Waals surface area contributed by atoms with Crippen molar-refractivity contribution in [3.05, 3.63) is 0 Å². The van der Waals surface area contributed by atoms with Gasteiger partial charge in [-0.05, 0) is 32.2 Å². The van der Waals surface area contributed by atoms with E-state index in [2.05, 4.69) is 10.6 Å². The second-order valence-corrected chi connectivity index (χ2v) is 5.07. The molecule has 0 saturated carbocycles. The first-order chi connectivity index (χ1) is 8.55. The van der Waals surface area contributed by atoms with Gasteiger partial charge in [0.2, 0.25) is 5.91 Å². The summed E-state index contributed by atoms with van der Waals surface area (Å²) in [6.45, 7) is 5.49. The second kappa shape index (κ2) is 6.73. The van der Waals surface area contributed by atoms with E-state index in [4.69, 9.17) is 5.11 Å². The highest BCUT2D eigenvalue weighted by atomic mass is 16.4. The number of carbonyl (C=O) groups is 2. The van der Waals surface area contributed by atoms with Gasteiger partial charge in [-0.25, -0.2) is 4.79 Å². The molecule has 0 spiro atoms. The lowest BCUT2D eigenvalue weighted by atomic mass is 9.77. The number of hydrogen-bond acceptors (Lipinski definition) is 3. The van der Waals surface area contributed by atoms with Gasteiger partial charge < -0.3 is 15.7 Å². The smallest absolute Gasteiger partial charge is 0.326 e. The van der Waals surface area contributed by atoms with Crippen LogP contribution in [0.25, 0.3) is 0 Å². The summed E-state index contributed by atoms with van der Waals surface area (Å²) in [4.78, 5) is 23.4. The van der Waals surface area contributed by atoms with Gasteiger partial charge in [0.05, 0.1) is 5.41 Å². The number of carboxylic acids is 1. The fourth-order valence-corrected chi connectivity index (χ4v) is 2.48. The van der Waals surface area contributed by atoms with Crippen molar-refractivity contribution in [1.82, 2.24) is 10.6 Å². The Balaban J connectivity index is 2.68.